The summed E-state index contributed by atoms with van der Waals surface area (Å²) in [6.45, 7) is 5.20. The quantitative estimate of drug-likeness (QED) is 0.910. The molecule has 1 aromatic rings. The Balaban J connectivity index is 1.71. The Bertz CT molecular complexity index is 463. The molecule has 5 heteroatoms. The highest BCUT2D eigenvalue weighted by atomic mass is 79.9. The van der Waals surface area contributed by atoms with Gasteiger partial charge in [-0.1, -0.05) is 15.9 Å². The van der Waals surface area contributed by atoms with Gasteiger partial charge in [-0.05, 0) is 23.8 Å². The average Bonchev–Trinajstić information content (AvgIpc) is 2.44. The average molecular weight is 329 g/mol. The van der Waals surface area contributed by atoms with Crippen molar-refractivity contribution in [1.29, 1.82) is 0 Å². The molecule has 0 radical (unpaired) electrons. The summed E-state index contributed by atoms with van der Waals surface area (Å²) in [6.07, 6.45) is 0.0501. The van der Waals surface area contributed by atoms with Gasteiger partial charge in [0.25, 0.3) is 0 Å². The predicted octanol–water partition coefficient (Wildman–Crippen LogP) is 1.49. The minimum absolute atomic E-state index is 0.178. The summed E-state index contributed by atoms with van der Waals surface area (Å²) in [5, 5.41) is 10.5. The number of halogens is 2. The first-order valence-electron chi connectivity index (χ1n) is 6.72. The Morgan fingerprint density at radius 1 is 1.32 bits per heavy atom. The molecule has 1 N–H and O–H groups in total. The number of nitrogens with zero attached hydrogens (tertiary/aromatic N) is 2. The van der Waals surface area contributed by atoms with E-state index in [-0.39, 0.29) is 11.9 Å². The van der Waals surface area contributed by atoms with Crippen molar-refractivity contribution in [3.8, 4) is 0 Å². The maximum absolute atomic E-state index is 13.3. The van der Waals surface area contributed by atoms with Crippen LogP contribution >= 0.6 is 15.9 Å². The Morgan fingerprint density at radius 3 is 2.68 bits per heavy atom. The molecule has 2 bridgehead atoms. The lowest BCUT2D eigenvalue weighted by molar-refractivity contribution is -0.0453. The largest absolute Gasteiger partial charge is 0.391 e. The van der Waals surface area contributed by atoms with Crippen LogP contribution in [0, 0.1) is 5.82 Å². The van der Waals surface area contributed by atoms with Gasteiger partial charge in [-0.15, -0.1) is 0 Å². The summed E-state index contributed by atoms with van der Waals surface area (Å²) >= 11 is 3.42. The molecule has 3 fully saturated rings. The van der Waals surface area contributed by atoms with Crippen LogP contribution in [0.15, 0.2) is 22.7 Å². The standard InChI is InChI=1S/C14H18BrFN2O/c15-12-2-1-11(16)7-10(12)8-14(19)13-9-17-3-5-18(13)6-4-17/h1-2,7,13-14,19H,3-6,8-9H2. The van der Waals surface area contributed by atoms with Gasteiger partial charge >= 0.3 is 0 Å². The van der Waals surface area contributed by atoms with Crippen molar-refractivity contribution in [2.24, 2.45) is 0 Å². The van der Waals surface area contributed by atoms with Crippen molar-refractivity contribution in [3.05, 3.63) is 34.1 Å². The van der Waals surface area contributed by atoms with E-state index in [1.54, 1.807) is 6.07 Å². The van der Waals surface area contributed by atoms with Gasteiger partial charge in [-0.2, -0.15) is 0 Å². The van der Waals surface area contributed by atoms with Crippen LogP contribution in [0.4, 0.5) is 4.39 Å². The van der Waals surface area contributed by atoms with E-state index < -0.39 is 6.10 Å². The SMILES string of the molecule is OC(Cc1cc(F)ccc1Br)C1CN2CCN1CC2. The fraction of sp³-hybridized carbons (Fsp3) is 0.571. The number of hydrogen-bond donors (Lipinski definition) is 1. The van der Waals surface area contributed by atoms with Gasteiger partial charge in [0.1, 0.15) is 5.82 Å². The summed E-state index contributed by atoms with van der Waals surface area (Å²) in [6, 6.07) is 4.81. The van der Waals surface area contributed by atoms with Crippen molar-refractivity contribution in [3.63, 3.8) is 0 Å². The fourth-order valence-electron chi connectivity index (χ4n) is 3.08. The zero-order valence-electron chi connectivity index (χ0n) is 10.7. The van der Waals surface area contributed by atoms with E-state index in [9.17, 15) is 9.50 Å². The van der Waals surface area contributed by atoms with Crippen LogP contribution in [-0.4, -0.2) is 59.8 Å². The number of aliphatic hydroxyl groups is 1. The summed E-state index contributed by atoms with van der Waals surface area (Å²) in [7, 11) is 0. The molecule has 3 heterocycles. The normalized spacial score (nSPS) is 31.4. The second-order valence-corrected chi connectivity index (χ2v) is 6.27. The van der Waals surface area contributed by atoms with Crippen LogP contribution < -0.4 is 0 Å². The Hall–Kier alpha value is -0.490. The van der Waals surface area contributed by atoms with Gasteiger partial charge < -0.3 is 5.11 Å². The predicted molar refractivity (Wildman–Crippen MR) is 75.6 cm³/mol. The molecule has 3 nitrogen and oxygen atoms in total. The number of rotatable bonds is 3. The van der Waals surface area contributed by atoms with E-state index in [1.165, 1.54) is 12.1 Å². The van der Waals surface area contributed by atoms with Crippen LogP contribution in [0.5, 0.6) is 0 Å². The molecule has 0 spiro atoms. The van der Waals surface area contributed by atoms with Crippen molar-refractivity contribution >= 4 is 15.9 Å². The molecule has 3 aliphatic rings. The summed E-state index contributed by atoms with van der Waals surface area (Å²) < 4.78 is 14.1. The Morgan fingerprint density at radius 2 is 2.05 bits per heavy atom. The summed E-state index contributed by atoms with van der Waals surface area (Å²) in [4.78, 5) is 4.76. The van der Waals surface area contributed by atoms with Crippen LogP contribution in [0.25, 0.3) is 0 Å². The molecule has 2 unspecified atom stereocenters. The molecule has 1 aromatic carbocycles. The molecule has 0 aromatic heterocycles. The highest BCUT2D eigenvalue weighted by Gasteiger charge is 2.36. The molecule has 0 saturated carbocycles. The molecular weight excluding hydrogens is 311 g/mol. The first-order valence-corrected chi connectivity index (χ1v) is 7.51. The van der Waals surface area contributed by atoms with Crippen molar-refractivity contribution in [2.45, 2.75) is 18.6 Å². The monoisotopic (exact) mass is 328 g/mol. The van der Waals surface area contributed by atoms with E-state index in [2.05, 4.69) is 25.7 Å². The lowest BCUT2D eigenvalue weighted by Crippen LogP contribution is -2.64. The second kappa shape index (κ2) is 5.48. The van der Waals surface area contributed by atoms with Crippen LogP contribution in [0.1, 0.15) is 5.56 Å². The smallest absolute Gasteiger partial charge is 0.123 e. The molecule has 19 heavy (non-hydrogen) atoms. The molecule has 0 amide bonds. The van der Waals surface area contributed by atoms with Gasteiger partial charge in [0.15, 0.2) is 0 Å². The van der Waals surface area contributed by atoms with Gasteiger partial charge in [-0.25, -0.2) is 4.39 Å². The van der Waals surface area contributed by atoms with E-state index >= 15 is 0 Å². The maximum atomic E-state index is 13.3. The molecule has 104 valence electrons. The highest BCUT2D eigenvalue weighted by Crippen LogP contribution is 2.24. The zero-order chi connectivity index (χ0) is 13.4. The Labute approximate surface area is 121 Å². The van der Waals surface area contributed by atoms with Crippen LogP contribution in [0.2, 0.25) is 0 Å². The Kier molecular flexibility index (Phi) is 3.89. The van der Waals surface area contributed by atoms with Gasteiger partial charge in [0, 0.05) is 49.7 Å². The van der Waals surface area contributed by atoms with Crippen LogP contribution in [0.3, 0.4) is 0 Å². The molecular formula is C14H18BrFN2O. The number of piperazine rings is 3. The third-order valence-electron chi connectivity index (χ3n) is 4.20. The van der Waals surface area contributed by atoms with E-state index in [0.717, 1.165) is 42.8 Å². The fourth-order valence-corrected chi connectivity index (χ4v) is 3.49. The van der Waals surface area contributed by atoms with E-state index in [1.807, 2.05) is 0 Å². The maximum Gasteiger partial charge on any atom is 0.123 e. The number of benzene rings is 1. The summed E-state index contributed by atoms with van der Waals surface area (Å²) in [5.41, 5.74) is 0.838. The second-order valence-electron chi connectivity index (χ2n) is 5.41. The van der Waals surface area contributed by atoms with Crippen molar-refractivity contribution in [1.82, 2.24) is 9.80 Å². The van der Waals surface area contributed by atoms with E-state index in [4.69, 9.17) is 0 Å². The molecule has 0 aliphatic carbocycles. The molecule has 2 atom stereocenters. The first kappa shape index (κ1) is 13.5. The number of hydrogen-bond acceptors (Lipinski definition) is 3. The van der Waals surface area contributed by atoms with Crippen LogP contribution in [-0.2, 0) is 6.42 Å². The highest BCUT2D eigenvalue weighted by molar-refractivity contribution is 9.10. The molecule has 3 aliphatic heterocycles. The topological polar surface area (TPSA) is 26.7 Å². The number of fused-ring (bicyclic) bond motifs is 3. The number of aliphatic hydroxyl groups excluding tert-OH is 1. The lowest BCUT2D eigenvalue weighted by Gasteiger charge is -2.49. The third kappa shape index (κ3) is 2.84. The van der Waals surface area contributed by atoms with Crippen molar-refractivity contribution in [2.75, 3.05) is 32.7 Å². The zero-order valence-corrected chi connectivity index (χ0v) is 12.3. The molecule has 3 saturated heterocycles. The van der Waals surface area contributed by atoms with Crippen molar-refractivity contribution < 1.29 is 9.50 Å². The van der Waals surface area contributed by atoms with Gasteiger partial charge in [-0.3, -0.25) is 9.80 Å². The summed E-state index contributed by atoms with van der Waals surface area (Å²) in [5.74, 6) is -0.250. The third-order valence-corrected chi connectivity index (χ3v) is 4.98. The molecule has 4 rings (SSSR count). The van der Waals surface area contributed by atoms with Gasteiger partial charge in [0.2, 0.25) is 0 Å². The first-order chi connectivity index (χ1) is 9.13. The van der Waals surface area contributed by atoms with E-state index in [0.29, 0.717) is 6.42 Å². The lowest BCUT2D eigenvalue weighted by atomic mass is 9.97. The minimum atomic E-state index is -0.443. The minimum Gasteiger partial charge on any atom is -0.391 e. The van der Waals surface area contributed by atoms with Gasteiger partial charge in [0.05, 0.1) is 6.10 Å².